The molecular weight excluding hydrogens is 390 g/mol. The van der Waals surface area contributed by atoms with Crippen molar-refractivity contribution in [3.05, 3.63) is 64.0 Å². The van der Waals surface area contributed by atoms with Gasteiger partial charge in [-0.05, 0) is 36.9 Å². The quantitative estimate of drug-likeness (QED) is 0.591. The Morgan fingerprint density at radius 3 is 2.69 bits per heavy atom. The monoisotopic (exact) mass is 411 g/mol. The number of carbonyl (C=O) groups is 2. The lowest BCUT2D eigenvalue weighted by atomic mass is 9.87. The number of carbonyl (C=O) groups excluding carboxylic acids is 2. The Morgan fingerprint density at radius 1 is 1.24 bits per heavy atom. The summed E-state index contributed by atoms with van der Waals surface area (Å²) in [6, 6.07) is 11.2. The molecule has 4 rings (SSSR count). The highest BCUT2D eigenvalue weighted by molar-refractivity contribution is 7.10. The van der Waals surface area contributed by atoms with Gasteiger partial charge in [-0.25, -0.2) is 0 Å². The van der Waals surface area contributed by atoms with Gasteiger partial charge in [0, 0.05) is 23.9 Å². The molecule has 3 aromatic rings. The van der Waals surface area contributed by atoms with Crippen molar-refractivity contribution in [1.82, 2.24) is 10.2 Å². The summed E-state index contributed by atoms with van der Waals surface area (Å²) in [6.45, 7) is 3.60. The molecule has 3 heterocycles. The van der Waals surface area contributed by atoms with Crippen LogP contribution in [0.3, 0.4) is 0 Å². The maximum absolute atomic E-state index is 13.0. The van der Waals surface area contributed by atoms with Gasteiger partial charge in [-0.3, -0.25) is 9.59 Å². The fourth-order valence-electron chi connectivity index (χ4n) is 3.57. The van der Waals surface area contributed by atoms with Gasteiger partial charge in [0.05, 0.1) is 12.0 Å². The van der Waals surface area contributed by atoms with E-state index in [9.17, 15) is 9.59 Å². The molecule has 1 aromatic carbocycles. The molecule has 0 radical (unpaired) electrons. The minimum atomic E-state index is -0.475. The second-order valence-electron chi connectivity index (χ2n) is 7.03. The van der Waals surface area contributed by atoms with Gasteiger partial charge in [0.1, 0.15) is 0 Å². The van der Waals surface area contributed by atoms with E-state index >= 15 is 0 Å². The summed E-state index contributed by atoms with van der Waals surface area (Å²) in [6.07, 6.45) is 0.723. The van der Waals surface area contributed by atoms with Crippen molar-refractivity contribution >= 4 is 28.9 Å². The summed E-state index contributed by atoms with van der Waals surface area (Å²) >= 11 is 1.53. The molecule has 29 heavy (non-hydrogen) atoms. The van der Waals surface area contributed by atoms with Crippen LogP contribution in [0.4, 0.5) is 5.69 Å². The van der Waals surface area contributed by atoms with Crippen LogP contribution in [0.15, 0.2) is 46.2 Å². The molecule has 0 N–H and O–H groups in total. The van der Waals surface area contributed by atoms with Crippen LogP contribution in [0.1, 0.15) is 41.1 Å². The number of anilines is 1. The molecule has 1 fully saturated rings. The highest BCUT2D eigenvalue weighted by Gasteiger charge is 2.42. The van der Waals surface area contributed by atoms with Crippen LogP contribution in [0.2, 0.25) is 0 Å². The minimum Gasteiger partial charge on any atom is -0.455 e. The molecule has 7 nitrogen and oxygen atoms in total. The third kappa shape index (κ3) is 4.07. The summed E-state index contributed by atoms with van der Waals surface area (Å²) < 4.78 is 10.8. The van der Waals surface area contributed by atoms with E-state index in [-0.39, 0.29) is 30.8 Å². The van der Waals surface area contributed by atoms with Gasteiger partial charge in [0.2, 0.25) is 11.8 Å². The van der Waals surface area contributed by atoms with Crippen molar-refractivity contribution in [2.75, 3.05) is 4.90 Å². The number of nitrogens with zero attached hydrogens (tertiary/aromatic N) is 3. The smallest absolute Gasteiger partial charge is 0.311 e. The van der Waals surface area contributed by atoms with E-state index in [1.54, 1.807) is 11.8 Å². The summed E-state index contributed by atoms with van der Waals surface area (Å²) in [5.41, 5.74) is 1.89. The number of amides is 1. The number of rotatable bonds is 5. The van der Waals surface area contributed by atoms with Gasteiger partial charge in [-0.2, -0.15) is 0 Å². The predicted octanol–water partition coefficient (Wildman–Crippen LogP) is 3.98. The lowest BCUT2D eigenvalue weighted by Gasteiger charge is -2.39. The number of piperidine rings is 1. The van der Waals surface area contributed by atoms with Gasteiger partial charge in [0.15, 0.2) is 6.61 Å². The Balaban J connectivity index is 1.62. The van der Waals surface area contributed by atoms with Gasteiger partial charge in [-0.15, -0.1) is 21.5 Å². The molecule has 0 aliphatic carbocycles. The zero-order valence-electron chi connectivity index (χ0n) is 16.2. The number of esters is 1. The molecule has 0 spiro atoms. The lowest BCUT2D eigenvalue weighted by molar-refractivity contribution is -0.152. The van der Waals surface area contributed by atoms with Gasteiger partial charge < -0.3 is 14.1 Å². The molecule has 0 saturated carbocycles. The Labute approximate surface area is 172 Å². The molecule has 150 valence electrons. The first-order valence-electron chi connectivity index (χ1n) is 9.40. The highest BCUT2D eigenvalue weighted by atomic mass is 32.1. The Morgan fingerprint density at radius 2 is 2.03 bits per heavy atom. The number of aromatic nitrogens is 2. The van der Waals surface area contributed by atoms with Gasteiger partial charge >= 0.3 is 5.97 Å². The topological polar surface area (TPSA) is 85.5 Å². The van der Waals surface area contributed by atoms with Gasteiger partial charge in [-0.1, -0.05) is 23.8 Å². The number of thiophene rings is 1. The fourth-order valence-corrected chi connectivity index (χ4v) is 4.45. The highest BCUT2D eigenvalue weighted by Crippen LogP contribution is 2.42. The third-order valence-corrected chi connectivity index (χ3v) is 5.90. The molecule has 1 aliphatic heterocycles. The van der Waals surface area contributed by atoms with Crippen molar-refractivity contribution in [2.45, 2.75) is 39.3 Å². The Bertz CT molecular complexity index is 997. The Hall–Kier alpha value is -3.00. The first kappa shape index (κ1) is 19.3. The summed E-state index contributed by atoms with van der Waals surface area (Å²) in [4.78, 5) is 28.5. The molecule has 2 atom stereocenters. The van der Waals surface area contributed by atoms with Crippen LogP contribution in [0.5, 0.6) is 0 Å². The predicted molar refractivity (Wildman–Crippen MR) is 107 cm³/mol. The van der Waals surface area contributed by atoms with E-state index in [0.717, 1.165) is 16.1 Å². The number of hydrogen-bond donors (Lipinski definition) is 0. The largest absolute Gasteiger partial charge is 0.455 e. The molecule has 1 aliphatic rings. The van der Waals surface area contributed by atoms with Crippen molar-refractivity contribution < 1.29 is 18.7 Å². The van der Waals surface area contributed by atoms with E-state index in [2.05, 4.69) is 10.2 Å². The number of benzene rings is 1. The average Bonchev–Trinajstić information content (AvgIpc) is 3.38. The number of hydrogen-bond acceptors (Lipinski definition) is 7. The van der Waals surface area contributed by atoms with Crippen LogP contribution in [-0.4, -0.2) is 22.1 Å². The zero-order valence-corrected chi connectivity index (χ0v) is 17.0. The van der Waals surface area contributed by atoms with Crippen LogP contribution < -0.4 is 4.90 Å². The zero-order chi connectivity index (χ0) is 20.4. The number of aryl methyl sites for hydroxylation is 2. The first-order chi connectivity index (χ1) is 14.0. The van der Waals surface area contributed by atoms with Gasteiger partial charge in [0.25, 0.3) is 5.89 Å². The first-order valence-corrected chi connectivity index (χ1v) is 10.3. The summed E-state index contributed by atoms with van der Waals surface area (Å²) in [5, 5.41) is 9.55. The van der Waals surface area contributed by atoms with Crippen LogP contribution in [0, 0.1) is 19.8 Å². The van der Waals surface area contributed by atoms with E-state index in [4.69, 9.17) is 9.15 Å². The van der Waals surface area contributed by atoms with Crippen molar-refractivity contribution in [3.63, 3.8) is 0 Å². The van der Waals surface area contributed by atoms with E-state index in [0.29, 0.717) is 12.3 Å². The Kier molecular flexibility index (Phi) is 5.44. The molecule has 2 aromatic heterocycles. The van der Waals surface area contributed by atoms with E-state index in [1.807, 2.05) is 48.7 Å². The van der Waals surface area contributed by atoms with Crippen molar-refractivity contribution in [1.29, 1.82) is 0 Å². The normalized spacial score (nSPS) is 19.4. The maximum atomic E-state index is 13.0. The summed E-state index contributed by atoms with van der Waals surface area (Å²) in [7, 11) is 0. The SMILES string of the molecule is Cc1ccc(N2C(=O)CCC(C(=O)OCc3nnc(C)o3)C2c2cccs2)cc1. The van der Waals surface area contributed by atoms with Crippen LogP contribution in [-0.2, 0) is 20.9 Å². The maximum Gasteiger partial charge on any atom is 0.311 e. The van der Waals surface area contributed by atoms with E-state index < -0.39 is 12.0 Å². The second kappa shape index (κ2) is 8.16. The molecular formula is C21H21N3O4S. The lowest BCUT2D eigenvalue weighted by Crippen LogP contribution is -2.45. The van der Waals surface area contributed by atoms with Crippen molar-refractivity contribution in [2.24, 2.45) is 5.92 Å². The minimum absolute atomic E-state index is 0.00355. The summed E-state index contributed by atoms with van der Waals surface area (Å²) in [5.74, 6) is -0.170. The number of ether oxygens (including phenoxy) is 1. The van der Waals surface area contributed by atoms with E-state index in [1.165, 1.54) is 11.3 Å². The molecule has 1 saturated heterocycles. The standard InChI is InChI=1S/C21H21N3O4S/c1-13-5-7-15(8-6-13)24-19(25)10-9-16(20(24)17-4-3-11-29-17)21(26)27-12-18-23-22-14(2)28-18/h3-8,11,16,20H,9-10,12H2,1-2H3. The van der Waals surface area contributed by atoms with Crippen LogP contribution >= 0.6 is 11.3 Å². The third-order valence-electron chi connectivity index (χ3n) is 4.95. The second-order valence-corrected chi connectivity index (χ2v) is 8.01. The van der Waals surface area contributed by atoms with Crippen LogP contribution in [0.25, 0.3) is 0 Å². The fraction of sp³-hybridized carbons (Fsp3) is 0.333. The molecule has 1 amide bonds. The van der Waals surface area contributed by atoms with Crippen molar-refractivity contribution in [3.8, 4) is 0 Å². The molecule has 8 heteroatoms. The molecule has 2 unspecified atom stereocenters. The average molecular weight is 411 g/mol. The molecule has 0 bridgehead atoms.